The highest BCUT2D eigenvalue weighted by molar-refractivity contribution is 5.34. The summed E-state index contributed by atoms with van der Waals surface area (Å²) in [6, 6.07) is 9.69. The van der Waals surface area contributed by atoms with Gasteiger partial charge >= 0.3 is 0 Å². The molecule has 13 heavy (non-hydrogen) atoms. The van der Waals surface area contributed by atoms with E-state index < -0.39 is 0 Å². The number of benzene rings is 1. The molecule has 1 aromatic rings. The molecule has 0 saturated heterocycles. The molecule has 1 aromatic carbocycles. The van der Waals surface area contributed by atoms with E-state index in [4.69, 9.17) is 5.11 Å². The third kappa shape index (κ3) is 3.14. The molecule has 1 atom stereocenters. The average Bonchev–Trinajstić information content (AvgIpc) is 2.21. The third-order valence-corrected chi connectivity index (χ3v) is 1.66. The Bertz CT molecular complexity index is 316. The van der Waals surface area contributed by atoms with Crippen molar-refractivity contribution >= 4 is 0 Å². The molecule has 1 nitrogen and oxygen atoms in total. The lowest BCUT2D eigenvalue weighted by atomic mass is 10.1. The molecule has 0 radical (unpaired) electrons. The zero-order valence-corrected chi connectivity index (χ0v) is 7.40. The summed E-state index contributed by atoms with van der Waals surface area (Å²) in [5, 5.41) is 8.83. The predicted molar refractivity (Wildman–Crippen MR) is 54.1 cm³/mol. The maximum Gasteiger partial charge on any atom is 0.0615 e. The molecule has 0 bridgehead atoms. The van der Waals surface area contributed by atoms with Gasteiger partial charge in [0.15, 0.2) is 0 Å². The van der Waals surface area contributed by atoms with Crippen LogP contribution in [-0.4, -0.2) is 11.7 Å². The van der Waals surface area contributed by atoms with Crippen LogP contribution in [0.25, 0.3) is 0 Å². The number of aliphatic hydroxyl groups is 1. The van der Waals surface area contributed by atoms with Crippen LogP contribution in [0.1, 0.15) is 5.56 Å². The smallest absolute Gasteiger partial charge is 0.0615 e. The molecule has 0 fully saturated rings. The Labute approximate surface area is 78.7 Å². The summed E-state index contributed by atoms with van der Waals surface area (Å²) in [4.78, 5) is 0. The average molecular weight is 172 g/mol. The fourth-order valence-corrected chi connectivity index (χ4v) is 0.877. The summed E-state index contributed by atoms with van der Waals surface area (Å²) in [6.07, 6.45) is 1.65. The van der Waals surface area contributed by atoms with E-state index >= 15 is 0 Å². The highest BCUT2D eigenvalue weighted by Crippen LogP contribution is 1.97. The summed E-state index contributed by atoms with van der Waals surface area (Å²) in [7, 11) is 0. The fourth-order valence-electron chi connectivity index (χ4n) is 0.877. The van der Waals surface area contributed by atoms with Crippen molar-refractivity contribution in [2.45, 2.75) is 0 Å². The highest BCUT2D eigenvalue weighted by Gasteiger charge is 1.93. The summed E-state index contributed by atoms with van der Waals surface area (Å²) in [5.41, 5.74) is 0.961. The van der Waals surface area contributed by atoms with Gasteiger partial charge in [0.05, 0.1) is 12.5 Å². The van der Waals surface area contributed by atoms with Gasteiger partial charge in [-0.25, -0.2) is 0 Å². The van der Waals surface area contributed by atoms with E-state index in [1.165, 1.54) is 0 Å². The molecule has 1 rings (SSSR count). The third-order valence-electron chi connectivity index (χ3n) is 1.66. The molecule has 0 aromatic heterocycles. The van der Waals surface area contributed by atoms with Gasteiger partial charge in [0, 0.05) is 5.56 Å². The Kier molecular flexibility index (Phi) is 3.81. The van der Waals surface area contributed by atoms with Gasteiger partial charge in [-0.1, -0.05) is 36.1 Å². The topological polar surface area (TPSA) is 20.2 Å². The second-order valence-corrected chi connectivity index (χ2v) is 2.66. The number of rotatable bonds is 2. The molecule has 1 unspecified atom stereocenters. The quantitative estimate of drug-likeness (QED) is 0.533. The van der Waals surface area contributed by atoms with Gasteiger partial charge in [0.2, 0.25) is 0 Å². The Hall–Kier alpha value is -1.52. The van der Waals surface area contributed by atoms with Crippen molar-refractivity contribution in [3.63, 3.8) is 0 Å². The minimum Gasteiger partial charge on any atom is -0.395 e. The zero-order chi connectivity index (χ0) is 9.52. The molecule has 0 aliphatic rings. The van der Waals surface area contributed by atoms with Crippen LogP contribution in [0, 0.1) is 17.8 Å². The van der Waals surface area contributed by atoms with Crippen LogP contribution in [0.2, 0.25) is 0 Å². The number of aliphatic hydroxyl groups excluding tert-OH is 1. The number of hydrogen-bond acceptors (Lipinski definition) is 1. The molecule has 66 valence electrons. The first-order valence-corrected chi connectivity index (χ1v) is 4.17. The Balaban J connectivity index is 2.72. The van der Waals surface area contributed by atoms with E-state index in [1.54, 1.807) is 6.08 Å². The van der Waals surface area contributed by atoms with E-state index in [0.29, 0.717) is 0 Å². The van der Waals surface area contributed by atoms with E-state index in [2.05, 4.69) is 18.4 Å². The van der Waals surface area contributed by atoms with E-state index in [1.807, 2.05) is 30.3 Å². The Morgan fingerprint density at radius 1 is 1.38 bits per heavy atom. The minimum atomic E-state index is -0.125. The highest BCUT2D eigenvalue weighted by atomic mass is 16.3. The van der Waals surface area contributed by atoms with Crippen LogP contribution in [0.15, 0.2) is 43.0 Å². The minimum absolute atomic E-state index is 0.0311. The standard InChI is InChI=1S/C12H12O/c1-2-11(10-13)8-9-12-6-4-3-5-7-12/h2-7,11,13H,1,10H2. The Morgan fingerprint density at radius 3 is 2.62 bits per heavy atom. The fraction of sp³-hybridized carbons (Fsp3) is 0.167. The predicted octanol–water partition coefficient (Wildman–Crippen LogP) is 1.83. The van der Waals surface area contributed by atoms with Gasteiger partial charge in [0.25, 0.3) is 0 Å². The van der Waals surface area contributed by atoms with Crippen molar-refractivity contribution in [3.05, 3.63) is 48.6 Å². The summed E-state index contributed by atoms with van der Waals surface area (Å²) >= 11 is 0. The molecule has 0 saturated carbocycles. The molecular weight excluding hydrogens is 160 g/mol. The van der Waals surface area contributed by atoms with Gasteiger partial charge in [0.1, 0.15) is 0 Å². The molecule has 0 aliphatic heterocycles. The summed E-state index contributed by atoms with van der Waals surface area (Å²) in [6.45, 7) is 3.61. The van der Waals surface area contributed by atoms with Crippen molar-refractivity contribution in [2.75, 3.05) is 6.61 Å². The van der Waals surface area contributed by atoms with Gasteiger partial charge in [-0.2, -0.15) is 0 Å². The van der Waals surface area contributed by atoms with Gasteiger partial charge in [-0.3, -0.25) is 0 Å². The molecule has 0 amide bonds. The van der Waals surface area contributed by atoms with Crippen molar-refractivity contribution < 1.29 is 5.11 Å². The second kappa shape index (κ2) is 5.18. The maximum atomic E-state index is 8.83. The van der Waals surface area contributed by atoms with Gasteiger partial charge < -0.3 is 5.11 Å². The van der Waals surface area contributed by atoms with Crippen LogP contribution in [0.4, 0.5) is 0 Å². The second-order valence-electron chi connectivity index (χ2n) is 2.66. The first kappa shape index (κ1) is 9.57. The first-order valence-electron chi connectivity index (χ1n) is 4.17. The summed E-state index contributed by atoms with van der Waals surface area (Å²) in [5.74, 6) is 5.76. The molecular formula is C12H12O. The lowest BCUT2D eigenvalue weighted by Gasteiger charge is -1.96. The normalized spacial score (nSPS) is 11.2. The molecule has 0 heterocycles. The first-order chi connectivity index (χ1) is 6.36. The van der Waals surface area contributed by atoms with Crippen LogP contribution >= 0.6 is 0 Å². The van der Waals surface area contributed by atoms with Crippen LogP contribution in [0.5, 0.6) is 0 Å². The maximum absolute atomic E-state index is 8.83. The van der Waals surface area contributed by atoms with Gasteiger partial charge in [-0.15, -0.1) is 6.58 Å². The van der Waals surface area contributed by atoms with E-state index in [9.17, 15) is 0 Å². The lowest BCUT2D eigenvalue weighted by molar-refractivity contribution is 0.278. The SMILES string of the molecule is C=CC(C#Cc1ccccc1)CO. The summed E-state index contributed by atoms with van der Waals surface area (Å²) < 4.78 is 0. The van der Waals surface area contributed by atoms with E-state index in [-0.39, 0.29) is 12.5 Å². The van der Waals surface area contributed by atoms with E-state index in [0.717, 1.165) is 5.56 Å². The molecule has 1 N–H and O–H groups in total. The van der Waals surface area contributed by atoms with Crippen LogP contribution < -0.4 is 0 Å². The van der Waals surface area contributed by atoms with Crippen LogP contribution in [0.3, 0.4) is 0 Å². The number of hydrogen-bond donors (Lipinski definition) is 1. The van der Waals surface area contributed by atoms with Crippen molar-refractivity contribution in [2.24, 2.45) is 5.92 Å². The molecule has 0 aliphatic carbocycles. The lowest BCUT2D eigenvalue weighted by Crippen LogP contribution is -1.97. The largest absolute Gasteiger partial charge is 0.395 e. The van der Waals surface area contributed by atoms with Crippen molar-refractivity contribution in [1.82, 2.24) is 0 Å². The molecule has 1 heteroatoms. The zero-order valence-electron chi connectivity index (χ0n) is 7.40. The monoisotopic (exact) mass is 172 g/mol. The van der Waals surface area contributed by atoms with Gasteiger partial charge in [-0.05, 0) is 12.1 Å². The van der Waals surface area contributed by atoms with Crippen LogP contribution in [-0.2, 0) is 0 Å². The molecule has 0 spiro atoms. The van der Waals surface area contributed by atoms with Crippen molar-refractivity contribution in [1.29, 1.82) is 0 Å². The van der Waals surface area contributed by atoms with Crippen molar-refractivity contribution in [3.8, 4) is 11.8 Å². The Morgan fingerprint density at radius 2 is 2.08 bits per heavy atom.